The number of aliphatic imine (C=N–C) groups is 1. The lowest BCUT2D eigenvalue weighted by atomic mass is 10.0. The number of hydrogen-bond acceptors (Lipinski definition) is 4. The molecule has 0 fully saturated rings. The molecule has 0 bridgehead atoms. The van der Waals surface area contributed by atoms with E-state index in [0.29, 0.717) is 23.6 Å². The molecule has 5 nitrogen and oxygen atoms in total. The van der Waals surface area contributed by atoms with Crippen LogP contribution in [-0.2, 0) is 11.2 Å². The van der Waals surface area contributed by atoms with Gasteiger partial charge in [0.25, 0.3) is 5.91 Å². The number of rotatable bonds is 2. The molecule has 1 amide bonds. The molecule has 2 heterocycles. The first-order valence-corrected chi connectivity index (χ1v) is 6.17. The molecule has 1 aromatic carbocycles. The van der Waals surface area contributed by atoms with E-state index in [9.17, 15) is 4.79 Å². The van der Waals surface area contributed by atoms with Crippen molar-refractivity contribution in [3.63, 3.8) is 0 Å². The molecule has 1 unspecified atom stereocenters. The maximum Gasteiger partial charge on any atom is 0.266 e. The number of nitrogens with zero attached hydrogens (tertiary/aromatic N) is 2. The molecule has 1 N–H and O–H groups in total. The van der Waals surface area contributed by atoms with Gasteiger partial charge in [0.2, 0.25) is 0 Å². The number of nitrogens with one attached hydrogen (secondary N) is 1. The van der Waals surface area contributed by atoms with Crippen molar-refractivity contribution in [3.05, 3.63) is 47.3 Å². The number of carbonyl (C=O) groups is 1. The van der Waals surface area contributed by atoms with Crippen LogP contribution < -0.4 is 5.32 Å². The first kappa shape index (κ1) is 11.6. The summed E-state index contributed by atoms with van der Waals surface area (Å²) in [4.78, 5) is 16.0. The van der Waals surface area contributed by atoms with Crippen molar-refractivity contribution in [1.29, 1.82) is 0 Å². The van der Waals surface area contributed by atoms with Gasteiger partial charge in [-0.25, -0.2) is 0 Å². The number of aromatic nitrogens is 1. The van der Waals surface area contributed by atoms with Crippen LogP contribution in [-0.4, -0.2) is 17.3 Å². The van der Waals surface area contributed by atoms with Crippen molar-refractivity contribution < 1.29 is 9.32 Å². The molecule has 96 valence electrons. The van der Waals surface area contributed by atoms with Crippen LogP contribution in [0, 0.1) is 0 Å². The molecule has 0 saturated carbocycles. The Morgan fingerprint density at radius 3 is 2.84 bits per heavy atom. The number of amides is 1. The highest BCUT2D eigenvalue weighted by atomic mass is 16.5. The van der Waals surface area contributed by atoms with Gasteiger partial charge in [-0.3, -0.25) is 9.79 Å². The summed E-state index contributed by atoms with van der Waals surface area (Å²) in [7, 11) is 0. The summed E-state index contributed by atoms with van der Waals surface area (Å²) < 4.78 is 5.28. The zero-order valence-corrected chi connectivity index (χ0v) is 10.5. The average Bonchev–Trinajstić information content (AvgIpc) is 2.75. The van der Waals surface area contributed by atoms with Gasteiger partial charge in [-0.15, -0.1) is 0 Å². The molecule has 0 spiro atoms. The Kier molecular flexibility index (Phi) is 2.87. The van der Waals surface area contributed by atoms with Crippen LogP contribution in [0.15, 0.2) is 39.8 Å². The summed E-state index contributed by atoms with van der Waals surface area (Å²) in [6, 6.07) is 9.43. The van der Waals surface area contributed by atoms with Crippen LogP contribution >= 0.6 is 0 Å². The van der Waals surface area contributed by atoms with E-state index in [1.54, 1.807) is 0 Å². The largest absolute Gasteiger partial charge is 0.359 e. The van der Waals surface area contributed by atoms with Crippen molar-refractivity contribution in [3.8, 4) is 0 Å². The van der Waals surface area contributed by atoms with E-state index < -0.39 is 0 Å². The fourth-order valence-electron chi connectivity index (χ4n) is 2.15. The van der Waals surface area contributed by atoms with Crippen LogP contribution in [0.4, 0.5) is 5.69 Å². The van der Waals surface area contributed by atoms with Crippen molar-refractivity contribution in [2.45, 2.75) is 19.4 Å². The van der Waals surface area contributed by atoms with Crippen LogP contribution in [0.3, 0.4) is 0 Å². The summed E-state index contributed by atoms with van der Waals surface area (Å²) in [5, 5.41) is 6.85. The zero-order valence-electron chi connectivity index (χ0n) is 10.5. The van der Waals surface area contributed by atoms with E-state index in [2.05, 4.69) is 15.5 Å². The summed E-state index contributed by atoms with van der Waals surface area (Å²) in [5.41, 5.74) is 2.29. The Morgan fingerprint density at radius 2 is 2.11 bits per heavy atom. The second-order valence-corrected chi connectivity index (χ2v) is 4.30. The first-order chi connectivity index (χ1) is 9.29. The summed E-state index contributed by atoms with van der Waals surface area (Å²) in [6.07, 6.45) is 1.98. The van der Waals surface area contributed by atoms with Crippen molar-refractivity contribution in [1.82, 2.24) is 5.16 Å². The Morgan fingerprint density at radius 1 is 1.32 bits per heavy atom. The second-order valence-electron chi connectivity index (χ2n) is 4.30. The molecule has 1 aromatic heterocycles. The minimum atomic E-state index is -0.306. The van der Waals surface area contributed by atoms with Gasteiger partial charge in [0.1, 0.15) is 17.4 Å². The summed E-state index contributed by atoms with van der Waals surface area (Å²) >= 11 is 0. The lowest BCUT2D eigenvalue weighted by molar-refractivity contribution is -0.109. The number of anilines is 1. The molecule has 0 saturated heterocycles. The number of hydrogen-bond donors (Lipinski definition) is 1. The number of fused-ring (bicyclic) bond motifs is 1. The van der Waals surface area contributed by atoms with E-state index in [0.717, 1.165) is 5.56 Å². The van der Waals surface area contributed by atoms with E-state index in [1.165, 1.54) is 6.21 Å². The van der Waals surface area contributed by atoms with Crippen LogP contribution in [0.25, 0.3) is 0 Å². The minimum Gasteiger partial charge on any atom is -0.359 e. The van der Waals surface area contributed by atoms with Gasteiger partial charge < -0.3 is 9.84 Å². The number of benzene rings is 1. The van der Waals surface area contributed by atoms with Crippen molar-refractivity contribution in [2.24, 2.45) is 4.99 Å². The third-order valence-corrected chi connectivity index (χ3v) is 3.07. The molecule has 1 aliphatic heterocycles. The molecule has 19 heavy (non-hydrogen) atoms. The number of carbonyl (C=O) groups excluding carboxylic acids is 1. The van der Waals surface area contributed by atoms with Crippen LogP contribution in [0.2, 0.25) is 0 Å². The van der Waals surface area contributed by atoms with Gasteiger partial charge in [0.05, 0.1) is 6.21 Å². The lowest BCUT2D eigenvalue weighted by Gasteiger charge is -2.09. The molecular formula is C14H13N3O2. The SMILES string of the molecule is CCc1onc2c1NC(=O)C=NC2c1ccccc1. The quantitative estimate of drug-likeness (QED) is 0.895. The third-order valence-electron chi connectivity index (χ3n) is 3.07. The molecule has 0 radical (unpaired) electrons. The van der Waals surface area contributed by atoms with Gasteiger partial charge in [-0.2, -0.15) is 0 Å². The van der Waals surface area contributed by atoms with E-state index in [4.69, 9.17) is 4.52 Å². The molecule has 5 heteroatoms. The van der Waals surface area contributed by atoms with Gasteiger partial charge in [-0.05, 0) is 5.56 Å². The summed E-state index contributed by atoms with van der Waals surface area (Å²) in [5.74, 6) is 0.423. The highest BCUT2D eigenvalue weighted by Crippen LogP contribution is 2.34. The molecule has 2 aromatic rings. The first-order valence-electron chi connectivity index (χ1n) is 6.17. The molecule has 0 aliphatic carbocycles. The standard InChI is InChI=1S/C14H13N3O2/c1-2-10-13-14(17-19-10)12(15-8-11(18)16-13)9-6-4-3-5-7-9/h3-8,12H,2H2,1H3,(H,16,18). The monoisotopic (exact) mass is 255 g/mol. The Balaban J connectivity index is 2.13. The predicted molar refractivity (Wildman–Crippen MR) is 71.3 cm³/mol. The van der Waals surface area contributed by atoms with Crippen molar-refractivity contribution >= 4 is 17.8 Å². The van der Waals surface area contributed by atoms with E-state index >= 15 is 0 Å². The normalized spacial score (nSPS) is 17.7. The Bertz CT molecular complexity index is 631. The van der Waals surface area contributed by atoms with Gasteiger partial charge in [-0.1, -0.05) is 42.4 Å². The molecule has 1 aliphatic rings. The van der Waals surface area contributed by atoms with E-state index in [-0.39, 0.29) is 11.9 Å². The lowest BCUT2D eigenvalue weighted by Crippen LogP contribution is -2.12. The van der Waals surface area contributed by atoms with Gasteiger partial charge in [0.15, 0.2) is 5.76 Å². The van der Waals surface area contributed by atoms with E-state index in [1.807, 2.05) is 37.3 Å². The average molecular weight is 255 g/mol. The zero-order chi connectivity index (χ0) is 13.2. The van der Waals surface area contributed by atoms with Gasteiger partial charge in [0, 0.05) is 6.42 Å². The topological polar surface area (TPSA) is 67.5 Å². The fourth-order valence-corrected chi connectivity index (χ4v) is 2.15. The Hall–Kier alpha value is -2.43. The maximum atomic E-state index is 11.7. The predicted octanol–water partition coefficient (Wildman–Crippen LogP) is 2.35. The molecule has 3 rings (SSSR count). The highest BCUT2D eigenvalue weighted by Gasteiger charge is 2.27. The fraction of sp³-hybridized carbons (Fsp3) is 0.214. The van der Waals surface area contributed by atoms with Crippen LogP contribution in [0.5, 0.6) is 0 Å². The van der Waals surface area contributed by atoms with Crippen LogP contribution in [0.1, 0.15) is 30.0 Å². The van der Waals surface area contributed by atoms with Crippen molar-refractivity contribution in [2.75, 3.05) is 5.32 Å². The maximum absolute atomic E-state index is 11.7. The number of aryl methyl sites for hydroxylation is 1. The Labute approximate surface area is 110 Å². The third kappa shape index (κ3) is 2.03. The summed E-state index contributed by atoms with van der Waals surface area (Å²) in [6.45, 7) is 1.95. The molecule has 1 atom stereocenters. The molecular weight excluding hydrogens is 242 g/mol. The highest BCUT2D eigenvalue weighted by molar-refractivity contribution is 6.32. The minimum absolute atomic E-state index is 0.252. The van der Waals surface area contributed by atoms with Gasteiger partial charge >= 0.3 is 0 Å². The second kappa shape index (κ2) is 4.68. The smallest absolute Gasteiger partial charge is 0.266 e.